The second-order valence-electron chi connectivity index (χ2n) is 6.80. The Kier molecular flexibility index (Phi) is 3.57. The van der Waals surface area contributed by atoms with Crippen LogP contribution in [0.3, 0.4) is 0 Å². The molecule has 0 saturated carbocycles. The fourth-order valence-electron chi connectivity index (χ4n) is 3.18. The summed E-state index contributed by atoms with van der Waals surface area (Å²) in [5.41, 5.74) is 0.370. The third kappa shape index (κ3) is 2.85. The highest BCUT2D eigenvalue weighted by Crippen LogP contribution is 2.34. The summed E-state index contributed by atoms with van der Waals surface area (Å²) in [5, 5.41) is 7.68. The number of nitrogens with zero attached hydrogens (tertiary/aromatic N) is 3. The molecule has 6 heteroatoms. The minimum Gasteiger partial charge on any atom is -0.317 e. The van der Waals surface area contributed by atoms with E-state index in [1.54, 1.807) is 6.20 Å². The summed E-state index contributed by atoms with van der Waals surface area (Å²) in [4.78, 5) is 25.8. The van der Waals surface area contributed by atoms with Gasteiger partial charge in [0, 0.05) is 19.0 Å². The van der Waals surface area contributed by atoms with Gasteiger partial charge in [-0.25, -0.2) is 4.90 Å². The predicted octanol–water partition coefficient (Wildman–Crippen LogP) is 1.49. The first-order valence-corrected chi connectivity index (χ1v) is 7.57. The summed E-state index contributed by atoms with van der Waals surface area (Å²) in [6.07, 6.45) is 6.32. The maximum absolute atomic E-state index is 12.3. The van der Waals surface area contributed by atoms with Crippen LogP contribution >= 0.6 is 0 Å². The summed E-state index contributed by atoms with van der Waals surface area (Å²) < 4.78 is 1.90. The van der Waals surface area contributed by atoms with Crippen LogP contribution in [0.4, 0.5) is 5.69 Å². The topological polar surface area (TPSA) is 67.2 Å². The predicted molar refractivity (Wildman–Crippen MR) is 78.9 cm³/mol. The first-order chi connectivity index (χ1) is 9.96. The molecule has 0 unspecified atom stereocenters. The molecule has 0 spiro atoms. The van der Waals surface area contributed by atoms with Crippen LogP contribution in [0.1, 0.15) is 45.6 Å². The molecule has 2 aliphatic rings. The Balaban J connectivity index is 1.79. The summed E-state index contributed by atoms with van der Waals surface area (Å²) in [6, 6.07) is 0.353. The van der Waals surface area contributed by atoms with E-state index in [0.29, 0.717) is 24.6 Å². The highest BCUT2D eigenvalue weighted by atomic mass is 16.2. The molecule has 114 valence electrons. The molecule has 1 aromatic heterocycles. The average molecular weight is 290 g/mol. The van der Waals surface area contributed by atoms with E-state index in [0.717, 1.165) is 25.9 Å². The lowest BCUT2D eigenvalue weighted by Crippen LogP contribution is -2.46. The number of rotatable bonds is 2. The molecule has 3 heterocycles. The van der Waals surface area contributed by atoms with Crippen molar-refractivity contribution in [2.45, 2.75) is 45.6 Å². The van der Waals surface area contributed by atoms with Crippen molar-refractivity contribution in [3.05, 3.63) is 12.4 Å². The standard InChI is InChI=1S/C15H22N4O2/c1-15(2)7-13(20)19(14(21)8-15)12-9-17-18(10-12)11-3-5-16-6-4-11/h9-11,16H,3-8H2,1-2H3. The number of hydrogen-bond donors (Lipinski definition) is 1. The number of anilines is 1. The van der Waals surface area contributed by atoms with Crippen molar-refractivity contribution in [2.24, 2.45) is 5.41 Å². The molecule has 6 nitrogen and oxygen atoms in total. The Bertz CT molecular complexity index is 538. The molecule has 0 aromatic carbocycles. The van der Waals surface area contributed by atoms with Crippen LogP contribution in [0.15, 0.2) is 12.4 Å². The van der Waals surface area contributed by atoms with Gasteiger partial charge in [-0.3, -0.25) is 14.3 Å². The Labute approximate surface area is 124 Å². The number of carbonyl (C=O) groups excluding carboxylic acids is 2. The zero-order valence-electron chi connectivity index (χ0n) is 12.6. The van der Waals surface area contributed by atoms with E-state index in [2.05, 4.69) is 10.4 Å². The van der Waals surface area contributed by atoms with Crippen molar-refractivity contribution >= 4 is 17.5 Å². The van der Waals surface area contributed by atoms with E-state index in [1.165, 1.54) is 4.90 Å². The molecule has 2 saturated heterocycles. The molecule has 1 aromatic rings. The Morgan fingerprint density at radius 1 is 1.19 bits per heavy atom. The van der Waals surface area contributed by atoms with E-state index in [4.69, 9.17) is 0 Å². The molecule has 0 radical (unpaired) electrons. The van der Waals surface area contributed by atoms with Crippen LogP contribution in [0.2, 0.25) is 0 Å². The van der Waals surface area contributed by atoms with Crippen molar-refractivity contribution < 1.29 is 9.59 Å². The second-order valence-corrected chi connectivity index (χ2v) is 6.80. The molecular weight excluding hydrogens is 268 g/mol. The van der Waals surface area contributed by atoms with E-state index in [9.17, 15) is 9.59 Å². The number of carbonyl (C=O) groups is 2. The van der Waals surface area contributed by atoms with Crippen molar-refractivity contribution in [3.63, 3.8) is 0 Å². The van der Waals surface area contributed by atoms with Crippen molar-refractivity contribution in [3.8, 4) is 0 Å². The van der Waals surface area contributed by atoms with Gasteiger partial charge in [0.1, 0.15) is 0 Å². The van der Waals surface area contributed by atoms with Crippen LogP contribution in [0, 0.1) is 5.41 Å². The maximum Gasteiger partial charge on any atom is 0.234 e. The van der Waals surface area contributed by atoms with Crippen LogP contribution < -0.4 is 10.2 Å². The van der Waals surface area contributed by atoms with Gasteiger partial charge in [0.2, 0.25) is 11.8 Å². The molecule has 2 amide bonds. The fraction of sp³-hybridized carbons (Fsp3) is 0.667. The fourth-order valence-corrected chi connectivity index (χ4v) is 3.18. The van der Waals surface area contributed by atoms with Crippen LogP contribution in [-0.2, 0) is 9.59 Å². The van der Waals surface area contributed by atoms with Gasteiger partial charge in [-0.2, -0.15) is 5.10 Å². The SMILES string of the molecule is CC1(C)CC(=O)N(c2cnn(C3CCNCC3)c2)C(=O)C1. The molecule has 0 aliphatic carbocycles. The van der Waals surface area contributed by atoms with E-state index >= 15 is 0 Å². The lowest BCUT2D eigenvalue weighted by molar-refractivity contribution is -0.132. The van der Waals surface area contributed by atoms with Gasteiger partial charge in [0.15, 0.2) is 0 Å². The van der Waals surface area contributed by atoms with Gasteiger partial charge in [0.05, 0.1) is 17.9 Å². The molecule has 2 fully saturated rings. The summed E-state index contributed by atoms with van der Waals surface area (Å²) in [5.74, 6) is -0.248. The molecule has 0 bridgehead atoms. The highest BCUT2D eigenvalue weighted by Gasteiger charge is 2.38. The molecule has 3 rings (SSSR count). The number of nitrogens with one attached hydrogen (secondary N) is 1. The molecule has 21 heavy (non-hydrogen) atoms. The van der Waals surface area contributed by atoms with Gasteiger partial charge >= 0.3 is 0 Å². The number of piperidine rings is 2. The third-order valence-corrected chi connectivity index (χ3v) is 4.29. The van der Waals surface area contributed by atoms with Crippen LogP contribution in [0.25, 0.3) is 0 Å². The quantitative estimate of drug-likeness (QED) is 0.838. The van der Waals surface area contributed by atoms with Gasteiger partial charge in [0.25, 0.3) is 0 Å². The lowest BCUT2D eigenvalue weighted by Gasteiger charge is -2.33. The number of hydrogen-bond acceptors (Lipinski definition) is 4. The maximum atomic E-state index is 12.3. The lowest BCUT2D eigenvalue weighted by atomic mass is 9.81. The van der Waals surface area contributed by atoms with E-state index in [1.807, 2.05) is 24.7 Å². The Morgan fingerprint density at radius 2 is 1.81 bits per heavy atom. The van der Waals surface area contributed by atoms with Gasteiger partial charge in [-0.15, -0.1) is 0 Å². The van der Waals surface area contributed by atoms with E-state index < -0.39 is 0 Å². The molecular formula is C15H22N4O2. The zero-order valence-corrected chi connectivity index (χ0v) is 12.6. The van der Waals surface area contributed by atoms with E-state index in [-0.39, 0.29) is 17.2 Å². The monoisotopic (exact) mass is 290 g/mol. The minimum absolute atomic E-state index is 0.124. The first kappa shape index (κ1) is 14.3. The molecule has 0 atom stereocenters. The second kappa shape index (κ2) is 5.26. The molecule has 1 N–H and O–H groups in total. The summed E-state index contributed by atoms with van der Waals surface area (Å²) in [6.45, 7) is 5.88. The van der Waals surface area contributed by atoms with Crippen molar-refractivity contribution in [1.82, 2.24) is 15.1 Å². The minimum atomic E-state index is -0.240. The highest BCUT2D eigenvalue weighted by molar-refractivity contribution is 6.16. The van der Waals surface area contributed by atoms with Gasteiger partial charge in [-0.1, -0.05) is 13.8 Å². The smallest absolute Gasteiger partial charge is 0.234 e. The third-order valence-electron chi connectivity index (χ3n) is 4.29. The van der Waals surface area contributed by atoms with Crippen molar-refractivity contribution in [1.29, 1.82) is 0 Å². The normalized spacial score (nSPS) is 23.6. The number of imide groups is 1. The number of amides is 2. The first-order valence-electron chi connectivity index (χ1n) is 7.57. The zero-order chi connectivity index (χ0) is 15.0. The van der Waals surface area contributed by atoms with Crippen molar-refractivity contribution in [2.75, 3.05) is 18.0 Å². The number of aromatic nitrogens is 2. The summed E-state index contributed by atoms with van der Waals surface area (Å²) in [7, 11) is 0. The van der Waals surface area contributed by atoms with Gasteiger partial charge < -0.3 is 5.32 Å². The largest absolute Gasteiger partial charge is 0.317 e. The summed E-state index contributed by atoms with van der Waals surface area (Å²) >= 11 is 0. The average Bonchev–Trinajstić information content (AvgIpc) is 2.87. The van der Waals surface area contributed by atoms with Crippen LogP contribution in [-0.4, -0.2) is 34.7 Å². The van der Waals surface area contributed by atoms with Crippen LogP contribution in [0.5, 0.6) is 0 Å². The Morgan fingerprint density at radius 3 is 2.43 bits per heavy atom. The van der Waals surface area contributed by atoms with Gasteiger partial charge in [-0.05, 0) is 31.3 Å². The molecule has 2 aliphatic heterocycles. The Hall–Kier alpha value is -1.69.